The van der Waals surface area contributed by atoms with Crippen LogP contribution in [-0.2, 0) is 4.74 Å². The molecule has 0 spiro atoms. The molecular formula is C13H23NO. The van der Waals surface area contributed by atoms with Gasteiger partial charge in [-0.1, -0.05) is 40.7 Å². The van der Waals surface area contributed by atoms with Gasteiger partial charge in [0.2, 0.25) is 5.90 Å². The lowest BCUT2D eigenvalue weighted by Gasteiger charge is -2.21. The fourth-order valence-corrected chi connectivity index (χ4v) is 1.37. The monoisotopic (exact) mass is 209 g/mol. The molecule has 86 valence electrons. The van der Waals surface area contributed by atoms with E-state index in [1.54, 1.807) is 0 Å². The van der Waals surface area contributed by atoms with E-state index in [9.17, 15) is 0 Å². The molecule has 1 aliphatic rings. The van der Waals surface area contributed by atoms with Crippen molar-refractivity contribution < 1.29 is 4.74 Å². The summed E-state index contributed by atoms with van der Waals surface area (Å²) in [5, 5.41) is 0. The lowest BCUT2D eigenvalue weighted by atomic mass is 9.88. The Bertz CT molecular complexity index is 258. The zero-order valence-corrected chi connectivity index (χ0v) is 10.6. The summed E-state index contributed by atoms with van der Waals surface area (Å²) in [5.41, 5.74) is 0.202. The summed E-state index contributed by atoms with van der Waals surface area (Å²) in [6.07, 6.45) is 5.24. The zero-order valence-electron chi connectivity index (χ0n) is 10.6. The third kappa shape index (κ3) is 4.06. The summed E-state index contributed by atoms with van der Waals surface area (Å²) in [6, 6.07) is 0.302. The molecule has 0 unspecified atom stereocenters. The van der Waals surface area contributed by atoms with Crippen molar-refractivity contribution in [2.24, 2.45) is 16.3 Å². The van der Waals surface area contributed by atoms with Gasteiger partial charge in [0.15, 0.2) is 0 Å². The van der Waals surface area contributed by atoms with E-state index < -0.39 is 0 Å². The van der Waals surface area contributed by atoms with Gasteiger partial charge in [0.05, 0.1) is 6.04 Å². The second-order valence-corrected chi connectivity index (χ2v) is 5.69. The van der Waals surface area contributed by atoms with E-state index in [2.05, 4.69) is 45.7 Å². The highest BCUT2D eigenvalue weighted by molar-refractivity contribution is 5.88. The standard InChI is InChI=1S/C13H23NO/c1-10(2)7-6-8-12-14-11(9-15-12)13(3,4)5/h6,8,10-11H,7,9H2,1-5H3/b8-6+/t11-/m1/s1. The van der Waals surface area contributed by atoms with Crippen LogP contribution < -0.4 is 0 Å². The molecule has 0 aromatic heterocycles. The maximum Gasteiger partial charge on any atom is 0.208 e. The van der Waals surface area contributed by atoms with Crippen molar-refractivity contribution in [3.63, 3.8) is 0 Å². The fraction of sp³-hybridized carbons (Fsp3) is 0.769. The highest BCUT2D eigenvalue weighted by Gasteiger charge is 2.29. The summed E-state index contributed by atoms with van der Waals surface area (Å²) < 4.78 is 5.54. The van der Waals surface area contributed by atoms with Crippen LogP contribution in [0, 0.1) is 11.3 Å². The summed E-state index contributed by atoms with van der Waals surface area (Å²) >= 11 is 0. The normalized spacial score (nSPS) is 22.3. The molecule has 0 aromatic carbocycles. The van der Waals surface area contributed by atoms with E-state index in [1.165, 1.54) is 0 Å². The molecule has 0 fully saturated rings. The Hall–Kier alpha value is -0.790. The van der Waals surface area contributed by atoms with Gasteiger partial charge in [0.1, 0.15) is 6.61 Å². The average Bonchev–Trinajstić information content (AvgIpc) is 2.51. The first-order valence-electron chi connectivity index (χ1n) is 5.76. The Morgan fingerprint density at radius 1 is 1.47 bits per heavy atom. The van der Waals surface area contributed by atoms with Crippen molar-refractivity contribution in [3.05, 3.63) is 12.2 Å². The molecule has 0 N–H and O–H groups in total. The van der Waals surface area contributed by atoms with Crippen molar-refractivity contribution in [1.29, 1.82) is 0 Å². The van der Waals surface area contributed by atoms with Crippen molar-refractivity contribution in [2.45, 2.75) is 47.1 Å². The lowest BCUT2D eigenvalue weighted by molar-refractivity contribution is 0.236. The van der Waals surface area contributed by atoms with Crippen LogP contribution in [-0.4, -0.2) is 18.5 Å². The average molecular weight is 209 g/mol. The van der Waals surface area contributed by atoms with Gasteiger partial charge in [-0.15, -0.1) is 0 Å². The Labute approximate surface area is 93.4 Å². The first-order valence-corrected chi connectivity index (χ1v) is 5.76. The minimum absolute atomic E-state index is 0.202. The molecule has 2 heteroatoms. The molecule has 2 nitrogen and oxygen atoms in total. The predicted octanol–water partition coefficient (Wildman–Crippen LogP) is 3.43. The van der Waals surface area contributed by atoms with Crippen LogP contribution in [0.3, 0.4) is 0 Å². The minimum Gasteiger partial charge on any atom is -0.476 e. The summed E-state index contributed by atoms with van der Waals surface area (Å²) in [5.74, 6) is 1.50. The van der Waals surface area contributed by atoms with Gasteiger partial charge in [-0.05, 0) is 23.8 Å². The van der Waals surface area contributed by atoms with Crippen LogP contribution >= 0.6 is 0 Å². The number of aliphatic imine (C=N–C) groups is 1. The number of hydrogen-bond acceptors (Lipinski definition) is 2. The third-order valence-corrected chi connectivity index (χ3v) is 2.54. The van der Waals surface area contributed by atoms with Gasteiger partial charge < -0.3 is 4.74 Å². The molecule has 1 aliphatic heterocycles. The largest absolute Gasteiger partial charge is 0.476 e. The summed E-state index contributed by atoms with van der Waals surface area (Å²) in [6.45, 7) is 11.7. The molecular weight excluding hydrogens is 186 g/mol. The van der Waals surface area contributed by atoms with Gasteiger partial charge in [0.25, 0.3) is 0 Å². The molecule has 15 heavy (non-hydrogen) atoms. The van der Waals surface area contributed by atoms with Gasteiger partial charge in [-0.3, -0.25) is 0 Å². The molecule has 0 saturated heterocycles. The first-order chi connectivity index (χ1) is 6.89. The van der Waals surface area contributed by atoms with Crippen LogP contribution in [0.4, 0.5) is 0 Å². The second kappa shape index (κ2) is 4.82. The van der Waals surface area contributed by atoms with E-state index in [4.69, 9.17) is 4.74 Å². The first kappa shape index (κ1) is 12.3. The van der Waals surface area contributed by atoms with Gasteiger partial charge in [-0.2, -0.15) is 0 Å². The number of allylic oxidation sites excluding steroid dienone is 1. The molecule has 0 saturated carbocycles. The Kier molecular flexibility index (Phi) is 3.95. The van der Waals surface area contributed by atoms with Crippen LogP contribution in [0.25, 0.3) is 0 Å². The van der Waals surface area contributed by atoms with E-state index in [-0.39, 0.29) is 5.41 Å². The SMILES string of the molecule is CC(C)C/C=C/C1=N[C@@H](C(C)(C)C)CO1. The minimum atomic E-state index is 0.202. The van der Waals surface area contributed by atoms with Crippen LogP contribution in [0.2, 0.25) is 0 Å². The third-order valence-electron chi connectivity index (χ3n) is 2.54. The Morgan fingerprint density at radius 2 is 2.13 bits per heavy atom. The Balaban J connectivity index is 2.49. The fourth-order valence-electron chi connectivity index (χ4n) is 1.37. The van der Waals surface area contributed by atoms with E-state index in [0.29, 0.717) is 12.0 Å². The van der Waals surface area contributed by atoms with E-state index in [0.717, 1.165) is 18.9 Å². The van der Waals surface area contributed by atoms with Crippen LogP contribution in [0.5, 0.6) is 0 Å². The number of ether oxygens (including phenoxy) is 1. The molecule has 0 bridgehead atoms. The number of rotatable bonds is 3. The predicted molar refractivity (Wildman–Crippen MR) is 65.2 cm³/mol. The summed E-state index contributed by atoms with van der Waals surface area (Å²) in [7, 11) is 0. The van der Waals surface area contributed by atoms with Crippen molar-refractivity contribution >= 4 is 5.90 Å². The van der Waals surface area contributed by atoms with Crippen molar-refractivity contribution in [1.82, 2.24) is 0 Å². The Morgan fingerprint density at radius 3 is 2.60 bits per heavy atom. The highest BCUT2D eigenvalue weighted by atomic mass is 16.5. The lowest BCUT2D eigenvalue weighted by Crippen LogP contribution is -2.25. The molecule has 0 radical (unpaired) electrons. The summed E-state index contributed by atoms with van der Waals surface area (Å²) in [4.78, 5) is 4.56. The molecule has 1 heterocycles. The molecule has 0 aliphatic carbocycles. The zero-order chi connectivity index (χ0) is 11.5. The highest BCUT2D eigenvalue weighted by Crippen LogP contribution is 2.26. The van der Waals surface area contributed by atoms with Crippen molar-refractivity contribution in [2.75, 3.05) is 6.61 Å². The number of nitrogens with zero attached hydrogens (tertiary/aromatic N) is 1. The number of hydrogen-bond donors (Lipinski definition) is 0. The smallest absolute Gasteiger partial charge is 0.208 e. The molecule has 0 aromatic rings. The van der Waals surface area contributed by atoms with E-state index in [1.807, 2.05) is 6.08 Å². The van der Waals surface area contributed by atoms with E-state index >= 15 is 0 Å². The topological polar surface area (TPSA) is 21.6 Å². The molecule has 0 amide bonds. The maximum absolute atomic E-state index is 5.54. The van der Waals surface area contributed by atoms with Gasteiger partial charge in [0, 0.05) is 0 Å². The van der Waals surface area contributed by atoms with Gasteiger partial charge >= 0.3 is 0 Å². The molecule has 1 atom stereocenters. The van der Waals surface area contributed by atoms with Crippen molar-refractivity contribution in [3.8, 4) is 0 Å². The second-order valence-electron chi connectivity index (χ2n) is 5.69. The van der Waals surface area contributed by atoms with Crippen LogP contribution in [0.15, 0.2) is 17.1 Å². The van der Waals surface area contributed by atoms with Gasteiger partial charge in [-0.25, -0.2) is 4.99 Å². The molecule has 1 rings (SSSR count). The maximum atomic E-state index is 5.54. The van der Waals surface area contributed by atoms with Crippen LogP contribution in [0.1, 0.15) is 41.0 Å². The quantitative estimate of drug-likeness (QED) is 0.698.